The summed E-state index contributed by atoms with van der Waals surface area (Å²) in [5.74, 6) is -2.09. The van der Waals surface area contributed by atoms with Crippen LogP contribution in [0.15, 0.2) is 6.20 Å². The van der Waals surface area contributed by atoms with Crippen molar-refractivity contribution in [2.24, 2.45) is 7.05 Å². The fraction of sp³-hybridized carbons (Fsp3) is 0.286. The van der Waals surface area contributed by atoms with Crippen LogP contribution in [-0.2, 0) is 11.8 Å². The highest BCUT2D eigenvalue weighted by Gasteiger charge is 2.25. The molecule has 1 heterocycles. The van der Waals surface area contributed by atoms with Gasteiger partial charge in [0.1, 0.15) is 12.7 Å². The molecule has 0 unspecified atom stereocenters. The summed E-state index contributed by atoms with van der Waals surface area (Å²) in [5.41, 5.74) is -0.753. The molecule has 1 aromatic heterocycles. The third kappa shape index (κ3) is 2.32. The predicted octanol–water partition coefficient (Wildman–Crippen LogP) is -0.857. The summed E-state index contributed by atoms with van der Waals surface area (Å²) in [5, 5.41) is 24.4. The quantitative estimate of drug-likeness (QED) is 0.510. The van der Waals surface area contributed by atoms with Crippen LogP contribution in [0, 0.1) is 10.1 Å². The van der Waals surface area contributed by atoms with Crippen molar-refractivity contribution in [2.75, 3.05) is 6.54 Å². The Labute approximate surface area is 88.8 Å². The maximum absolute atomic E-state index is 11.4. The van der Waals surface area contributed by atoms with Gasteiger partial charge in [0.15, 0.2) is 0 Å². The van der Waals surface area contributed by atoms with Gasteiger partial charge in [0, 0.05) is 7.05 Å². The maximum Gasteiger partial charge on any atom is 0.322 e. The number of nitrogens with zero attached hydrogens (tertiary/aromatic N) is 3. The zero-order chi connectivity index (χ0) is 12.3. The van der Waals surface area contributed by atoms with E-state index in [1.807, 2.05) is 5.32 Å². The lowest BCUT2D eigenvalue weighted by atomic mass is 10.3. The van der Waals surface area contributed by atoms with Crippen molar-refractivity contribution in [1.82, 2.24) is 15.1 Å². The summed E-state index contributed by atoms with van der Waals surface area (Å²) in [6, 6.07) is 0. The molecule has 1 rings (SSSR count). The van der Waals surface area contributed by atoms with Crippen molar-refractivity contribution in [3.63, 3.8) is 0 Å². The Morgan fingerprint density at radius 3 is 2.81 bits per heavy atom. The van der Waals surface area contributed by atoms with Crippen LogP contribution in [0.25, 0.3) is 0 Å². The molecular weight excluding hydrogens is 220 g/mol. The van der Waals surface area contributed by atoms with Gasteiger partial charge in [-0.1, -0.05) is 0 Å². The molecule has 9 heteroatoms. The molecule has 0 fully saturated rings. The minimum absolute atomic E-state index is 0.286. The maximum atomic E-state index is 11.4. The smallest absolute Gasteiger partial charge is 0.322 e. The highest BCUT2D eigenvalue weighted by Crippen LogP contribution is 2.16. The highest BCUT2D eigenvalue weighted by molar-refractivity contribution is 5.97. The molecule has 0 saturated heterocycles. The number of amides is 1. The van der Waals surface area contributed by atoms with E-state index in [1.54, 1.807) is 0 Å². The largest absolute Gasteiger partial charge is 0.480 e. The van der Waals surface area contributed by atoms with Gasteiger partial charge in [0.25, 0.3) is 5.91 Å². The Morgan fingerprint density at radius 1 is 1.69 bits per heavy atom. The second-order valence-electron chi connectivity index (χ2n) is 2.84. The van der Waals surface area contributed by atoms with Gasteiger partial charge >= 0.3 is 11.7 Å². The summed E-state index contributed by atoms with van der Waals surface area (Å²) in [4.78, 5) is 31.4. The summed E-state index contributed by atoms with van der Waals surface area (Å²) in [7, 11) is 1.35. The van der Waals surface area contributed by atoms with Crippen molar-refractivity contribution in [1.29, 1.82) is 0 Å². The first-order valence-corrected chi connectivity index (χ1v) is 4.10. The van der Waals surface area contributed by atoms with Gasteiger partial charge in [-0.2, -0.15) is 5.10 Å². The second kappa shape index (κ2) is 4.38. The minimum atomic E-state index is -1.24. The number of carbonyl (C=O) groups excluding carboxylic acids is 1. The molecule has 2 N–H and O–H groups in total. The summed E-state index contributed by atoms with van der Waals surface area (Å²) < 4.78 is 1.01. The number of nitro groups is 1. The van der Waals surface area contributed by atoms with Crippen molar-refractivity contribution in [3.8, 4) is 0 Å². The van der Waals surface area contributed by atoms with E-state index in [1.165, 1.54) is 7.05 Å². The Bertz CT molecular complexity index is 452. The highest BCUT2D eigenvalue weighted by atomic mass is 16.6. The molecule has 0 radical (unpaired) electrons. The molecule has 0 spiro atoms. The summed E-state index contributed by atoms with van der Waals surface area (Å²) in [6.45, 7) is -0.610. The first kappa shape index (κ1) is 11.6. The Balaban J connectivity index is 2.94. The fourth-order valence-electron chi connectivity index (χ4n) is 1.06. The summed E-state index contributed by atoms with van der Waals surface area (Å²) >= 11 is 0. The molecule has 16 heavy (non-hydrogen) atoms. The number of aliphatic carboxylic acids is 1. The second-order valence-corrected chi connectivity index (χ2v) is 2.84. The molecule has 9 nitrogen and oxygen atoms in total. The molecule has 0 aliphatic carbocycles. The Kier molecular flexibility index (Phi) is 3.18. The predicted molar refractivity (Wildman–Crippen MR) is 49.8 cm³/mol. The van der Waals surface area contributed by atoms with Crippen LogP contribution in [0.1, 0.15) is 10.5 Å². The van der Waals surface area contributed by atoms with Crippen molar-refractivity contribution in [3.05, 3.63) is 22.0 Å². The molecule has 0 bridgehead atoms. The average molecular weight is 228 g/mol. The van der Waals surface area contributed by atoms with Crippen molar-refractivity contribution in [2.45, 2.75) is 0 Å². The van der Waals surface area contributed by atoms with Crippen LogP contribution in [0.2, 0.25) is 0 Å². The monoisotopic (exact) mass is 228 g/mol. The molecule has 1 aromatic rings. The molecular formula is C7H8N4O5. The first-order valence-electron chi connectivity index (χ1n) is 4.10. The zero-order valence-electron chi connectivity index (χ0n) is 8.21. The first-order chi connectivity index (χ1) is 7.43. The van der Waals surface area contributed by atoms with Crippen LogP contribution < -0.4 is 5.32 Å². The van der Waals surface area contributed by atoms with Gasteiger partial charge in [-0.15, -0.1) is 0 Å². The van der Waals surface area contributed by atoms with Gasteiger partial charge in [-0.05, 0) is 0 Å². The van der Waals surface area contributed by atoms with E-state index in [-0.39, 0.29) is 5.69 Å². The molecule has 0 aromatic carbocycles. The molecule has 0 aliphatic rings. The standard InChI is InChI=1S/C7H8N4O5/c1-10-6(4(2-9-10)11(15)16)7(14)8-3-5(12)13/h2H,3H2,1H3,(H,8,14)(H,12,13). The number of carboxylic acid groups (broad SMARTS) is 1. The Hall–Kier alpha value is -2.45. The van der Waals surface area contributed by atoms with E-state index >= 15 is 0 Å². The van der Waals surface area contributed by atoms with E-state index in [9.17, 15) is 19.7 Å². The number of carboxylic acids is 1. The SMILES string of the molecule is Cn1ncc([N+](=O)[O-])c1C(=O)NCC(=O)O. The minimum Gasteiger partial charge on any atom is -0.480 e. The van der Waals surface area contributed by atoms with E-state index < -0.39 is 29.0 Å². The third-order valence-corrected chi connectivity index (χ3v) is 1.73. The lowest BCUT2D eigenvalue weighted by Crippen LogP contribution is -2.31. The van der Waals surface area contributed by atoms with Gasteiger partial charge in [-0.25, -0.2) is 0 Å². The van der Waals surface area contributed by atoms with Gasteiger partial charge in [0.05, 0.1) is 4.92 Å². The van der Waals surface area contributed by atoms with Gasteiger partial charge in [0.2, 0.25) is 5.69 Å². The molecule has 0 aliphatic heterocycles. The van der Waals surface area contributed by atoms with E-state index in [0.717, 1.165) is 10.9 Å². The lowest BCUT2D eigenvalue weighted by Gasteiger charge is -2.01. The van der Waals surface area contributed by atoms with E-state index in [0.29, 0.717) is 0 Å². The number of rotatable bonds is 4. The van der Waals surface area contributed by atoms with E-state index in [2.05, 4.69) is 5.10 Å². The topological polar surface area (TPSA) is 127 Å². The van der Waals surface area contributed by atoms with Crippen LogP contribution in [0.3, 0.4) is 0 Å². The van der Waals surface area contributed by atoms with Crippen LogP contribution in [0.4, 0.5) is 5.69 Å². The number of nitrogens with one attached hydrogen (secondary N) is 1. The number of hydrogen-bond acceptors (Lipinski definition) is 5. The normalized spacial score (nSPS) is 9.81. The number of aryl methyl sites for hydroxylation is 1. The number of aromatic nitrogens is 2. The lowest BCUT2D eigenvalue weighted by molar-refractivity contribution is -0.385. The number of hydrogen-bond donors (Lipinski definition) is 2. The molecule has 0 saturated carbocycles. The summed E-state index contributed by atoms with van der Waals surface area (Å²) in [6.07, 6.45) is 0.926. The van der Waals surface area contributed by atoms with Gasteiger partial charge < -0.3 is 10.4 Å². The zero-order valence-corrected chi connectivity index (χ0v) is 8.21. The number of carbonyl (C=O) groups is 2. The van der Waals surface area contributed by atoms with Crippen molar-refractivity contribution >= 4 is 17.6 Å². The van der Waals surface area contributed by atoms with Crippen LogP contribution in [0.5, 0.6) is 0 Å². The third-order valence-electron chi connectivity index (χ3n) is 1.73. The Morgan fingerprint density at radius 2 is 2.31 bits per heavy atom. The van der Waals surface area contributed by atoms with Crippen LogP contribution >= 0.6 is 0 Å². The molecule has 0 atom stereocenters. The van der Waals surface area contributed by atoms with Gasteiger partial charge in [-0.3, -0.25) is 24.4 Å². The van der Waals surface area contributed by atoms with Crippen molar-refractivity contribution < 1.29 is 19.6 Å². The van der Waals surface area contributed by atoms with Crippen LogP contribution in [-0.4, -0.2) is 38.2 Å². The van der Waals surface area contributed by atoms with E-state index in [4.69, 9.17) is 5.11 Å². The fourth-order valence-corrected chi connectivity index (χ4v) is 1.06. The average Bonchev–Trinajstić information content (AvgIpc) is 2.56. The molecule has 86 valence electrons. The molecule has 1 amide bonds.